The Morgan fingerprint density at radius 2 is 1.84 bits per heavy atom. The molecule has 0 aromatic heterocycles. The van der Waals surface area contributed by atoms with Gasteiger partial charge in [-0.1, -0.05) is 54.1 Å². The molecule has 0 bridgehead atoms. The third-order valence-corrected chi connectivity index (χ3v) is 7.35. The maximum atomic E-state index is 13.5. The normalized spacial score (nSPS) is 20.0. The summed E-state index contributed by atoms with van der Waals surface area (Å²) in [6.07, 6.45) is 4.12. The second-order valence-corrected chi connectivity index (χ2v) is 9.89. The molecule has 0 radical (unpaired) electrons. The number of hydrogen-bond acceptors (Lipinski definition) is 3. The van der Waals surface area contributed by atoms with E-state index in [2.05, 4.69) is 24.4 Å². The van der Waals surface area contributed by atoms with E-state index < -0.39 is 0 Å². The number of likely N-dealkylation sites (N-methyl/N-ethyl adjacent to an activating group) is 1. The van der Waals surface area contributed by atoms with E-state index in [9.17, 15) is 9.59 Å². The van der Waals surface area contributed by atoms with Crippen LogP contribution in [0, 0.1) is 6.92 Å². The SMILES string of the molecule is CC[NH+]1CCCC1CNC(=O)c1ccc(C=C2Oc3ccccc3N(Cc3ccc(C)cc3)C2=O)cc1. The molecule has 2 atom stereocenters. The van der Waals surface area contributed by atoms with Gasteiger partial charge in [-0.05, 0) is 55.3 Å². The lowest BCUT2D eigenvalue weighted by atomic mass is 10.1. The molecule has 0 saturated carbocycles. The lowest BCUT2D eigenvalue weighted by Gasteiger charge is -2.30. The van der Waals surface area contributed by atoms with Crippen LogP contribution in [0.15, 0.2) is 78.6 Å². The first kappa shape index (κ1) is 24.8. The number of aryl methyl sites for hydroxylation is 1. The number of amides is 2. The van der Waals surface area contributed by atoms with E-state index in [0.717, 1.165) is 29.8 Å². The van der Waals surface area contributed by atoms with E-state index in [4.69, 9.17) is 4.74 Å². The summed E-state index contributed by atoms with van der Waals surface area (Å²) in [5.41, 5.74) is 4.39. The van der Waals surface area contributed by atoms with Crippen LogP contribution in [0.25, 0.3) is 6.08 Å². The minimum Gasteiger partial charge on any atom is -0.449 e. The molecule has 2 aliphatic rings. The highest BCUT2D eigenvalue weighted by Crippen LogP contribution is 2.36. The highest BCUT2D eigenvalue weighted by atomic mass is 16.5. The Labute approximate surface area is 218 Å². The molecule has 2 unspecified atom stereocenters. The maximum Gasteiger partial charge on any atom is 0.294 e. The Morgan fingerprint density at radius 3 is 2.59 bits per heavy atom. The molecule has 1 saturated heterocycles. The lowest BCUT2D eigenvalue weighted by molar-refractivity contribution is -0.909. The number of carbonyl (C=O) groups is 2. The predicted octanol–water partition coefficient (Wildman–Crippen LogP) is 3.76. The summed E-state index contributed by atoms with van der Waals surface area (Å²) in [5.74, 6) is 0.642. The first-order chi connectivity index (χ1) is 18.0. The predicted molar refractivity (Wildman–Crippen MR) is 146 cm³/mol. The van der Waals surface area contributed by atoms with Gasteiger partial charge in [-0.2, -0.15) is 0 Å². The van der Waals surface area contributed by atoms with Gasteiger partial charge in [-0.25, -0.2) is 0 Å². The summed E-state index contributed by atoms with van der Waals surface area (Å²) < 4.78 is 6.02. The van der Waals surface area contributed by atoms with Crippen LogP contribution in [0.1, 0.15) is 46.8 Å². The van der Waals surface area contributed by atoms with E-state index >= 15 is 0 Å². The van der Waals surface area contributed by atoms with Crippen LogP contribution in [0.5, 0.6) is 5.75 Å². The summed E-state index contributed by atoms with van der Waals surface area (Å²) in [5, 5.41) is 3.10. The number of nitrogens with zero attached hydrogens (tertiary/aromatic N) is 1. The zero-order valence-electron chi connectivity index (χ0n) is 21.5. The standard InChI is InChI=1S/C31H33N3O3/c1-3-33-18-6-7-26(33)20-32-30(35)25-16-14-23(15-17-25)19-29-31(36)34(21-24-12-10-22(2)11-13-24)27-8-4-5-9-28(27)37-29/h4-5,8-17,19,26H,3,6-7,18,20-21H2,1-2H3,(H,32,35)/p+1. The minimum atomic E-state index is -0.194. The van der Waals surface area contributed by atoms with Gasteiger partial charge in [-0.3, -0.25) is 14.5 Å². The zero-order valence-corrected chi connectivity index (χ0v) is 21.5. The van der Waals surface area contributed by atoms with E-state index in [0.29, 0.717) is 30.4 Å². The van der Waals surface area contributed by atoms with Gasteiger partial charge in [0.05, 0.1) is 31.9 Å². The molecule has 2 aliphatic heterocycles. The van der Waals surface area contributed by atoms with Gasteiger partial charge in [0.2, 0.25) is 0 Å². The average Bonchev–Trinajstić information content (AvgIpc) is 3.39. The molecule has 3 aromatic rings. The quantitative estimate of drug-likeness (QED) is 0.490. The topological polar surface area (TPSA) is 63.1 Å². The first-order valence-electron chi connectivity index (χ1n) is 13.1. The number of hydrogen-bond donors (Lipinski definition) is 2. The molecular formula is C31H34N3O3+. The number of quaternary nitrogens is 1. The van der Waals surface area contributed by atoms with Crippen molar-refractivity contribution in [1.82, 2.24) is 5.32 Å². The first-order valence-corrected chi connectivity index (χ1v) is 13.1. The van der Waals surface area contributed by atoms with Crippen molar-refractivity contribution in [3.8, 4) is 5.75 Å². The van der Waals surface area contributed by atoms with Gasteiger partial charge >= 0.3 is 0 Å². The Balaban J connectivity index is 1.31. The monoisotopic (exact) mass is 496 g/mol. The summed E-state index contributed by atoms with van der Waals surface area (Å²) in [4.78, 5) is 29.5. The molecule has 2 amide bonds. The molecule has 190 valence electrons. The van der Waals surface area contributed by atoms with Crippen LogP contribution in [0.2, 0.25) is 0 Å². The maximum absolute atomic E-state index is 13.5. The fraction of sp³-hybridized carbons (Fsp3) is 0.290. The van der Waals surface area contributed by atoms with Crippen molar-refractivity contribution in [1.29, 1.82) is 0 Å². The third kappa shape index (κ3) is 5.59. The average molecular weight is 497 g/mol. The van der Waals surface area contributed by atoms with Gasteiger partial charge < -0.3 is 15.0 Å². The molecule has 0 aliphatic carbocycles. The highest BCUT2D eigenvalue weighted by molar-refractivity contribution is 6.09. The second-order valence-electron chi connectivity index (χ2n) is 9.89. The van der Waals surface area contributed by atoms with E-state index in [1.54, 1.807) is 28.0 Å². The smallest absolute Gasteiger partial charge is 0.294 e. The summed E-state index contributed by atoms with van der Waals surface area (Å²) in [6.45, 7) is 7.68. The van der Waals surface area contributed by atoms with Crippen LogP contribution >= 0.6 is 0 Å². The van der Waals surface area contributed by atoms with Crippen LogP contribution in [-0.2, 0) is 11.3 Å². The Bertz CT molecular complexity index is 1300. The molecule has 2 heterocycles. The fourth-order valence-corrected chi connectivity index (χ4v) is 5.19. The van der Waals surface area contributed by atoms with Gasteiger partial charge in [0.25, 0.3) is 11.8 Å². The Morgan fingerprint density at radius 1 is 1.08 bits per heavy atom. The van der Waals surface area contributed by atoms with Gasteiger partial charge in [0.1, 0.15) is 6.04 Å². The van der Waals surface area contributed by atoms with Crippen LogP contribution in [0.3, 0.4) is 0 Å². The summed E-state index contributed by atoms with van der Waals surface area (Å²) >= 11 is 0. The molecule has 37 heavy (non-hydrogen) atoms. The third-order valence-electron chi connectivity index (χ3n) is 7.35. The van der Waals surface area contributed by atoms with Gasteiger partial charge in [-0.15, -0.1) is 0 Å². The van der Waals surface area contributed by atoms with Crippen molar-refractivity contribution < 1.29 is 19.2 Å². The molecular weight excluding hydrogens is 462 g/mol. The molecule has 2 N–H and O–H groups in total. The number of rotatable bonds is 7. The number of benzene rings is 3. The highest BCUT2D eigenvalue weighted by Gasteiger charge is 2.30. The molecule has 0 spiro atoms. The fourth-order valence-electron chi connectivity index (χ4n) is 5.19. The van der Waals surface area contributed by atoms with Crippen LogP contribution in [0.4, 0.5) is 5.69 Å². The van der Waals surface area contributed by atoms with Crippen molar-refractivity contribution >= 4 is 23.6 Å². The van der Waals surface area contributed by atoms with Crippen molar-refractivity contribution in [2.24, 2.45) is 0 Å². The molecule has 6 heteroatoms. The largest absolute Gasteiger partial charge is 0.449 e. The van der Waals surface area contributed by atoms with Crippen molar-refractivity contribution in [2.75, 3.05) is 24.5 Å². The Hall–Kier alpha value is -3.90. The van der Waals surface area contributed by atoms with Crippen molar-refractivity contribution in [2.45, 2.75) is 39.3 Å². The summed E-state index contributed by atoms with van der Waals surface area (Å²) in [7, 11) is 0. The number of fused-ring (bicyclic) bond motifs is 1. The lowest BCUT2D eigenvalue weighted by Crippen LogP contribution is -3.14. The van der Waals surface area contributed by atoms with Crippen molar-refractivity contribution in [3.63, 3.8) is 0 Å². The number of likely N-dealkylation sites (tertiary alicyclic amines) is 1. The van der Waals surface area contributed by atoms with Gasteiger partial charge in [0.15, 0.2) is 11.5 Å². The Kier molecular flexibility index (Phi) is 7.37. The van der Waals surface area contributed by atoms with E-state index in [-0.39, 0.29) is 17.6 Å². The van der Waals surface area contributed by atoms with Crippen LogP contribution in [-0.4, -0.2) is 37.5 Å². The number of para-hydroxylation sites is 2. The minimum absolute atomic E-state index is 0.0650. The molecule has 3 aromatic carbocycles. The number of carbonyl (C=O) groups excluding carboxylic acids is 2. The summed E-state index contributed by atoms with van der Waals surface area (Å²) in [6, 6.07) is 23.6. The molecule has 1 fully saturated rings. The zero-order chi connectivity index (χ0) is 25.8. The van der Waals surface area contributed by atoms with Crippen molar-refractivity contribution in [3.05, 3.63) is 101 Å². The van der Waals surface area contributed by atoms with E-state index in [1.165, 1.54) is 18.5 Å². The number of ether oxygens (including phenoxy) is 1. The van der Waals surface area contributed by atoms with E-state index in [1.807, 2.05) is 55.5 Å². The molecule has 6 nitrogen and oxygen atoms in total. The van der Waals surface area contributed by atoms with Gasteiger partial charge in [0, 0.05) is 18.4 Å². The second kappa shape index (κ2) is 11.0. The number of anilines is 1. The van der Waals surface area contributed by atoms with Crippen LogP contribution < -0.4 is 19.9 Å². The molecule has 5 rings (SSSR count). The number of nitrogens with one attached hydrogen (secondary N) is 2.